The first-order valence-corrected chi connectivity index (χ1v) is 7.80. The maximum absolute atomic E-state index is 13.1. The second kappa shape index (κ2) is 6.15. The van der Waals surface area contributed by atoms with E-state index in [9.17, 15) is 17.6 Å². The van der Waals surface area contributed by atoms with Gasteiger partial charge in [0.1, 0.15) is 5.82 Å². The van der Waals surface area contributed by atoms with Gasteiger partial charge in [0, 0.05) is 0 Å². The Bertz CT molecular complexity index is 818. The number of ether oxygens (including phenoxy) is 1. The van der Waals surface area contributed by atoms with E-state index in [1.54, 1.807) is 12.1 Å². The summed E-state index contributed by atoms with van der Waals surface area (Å²) >= 11 is 0. The van der Waals surface area contributed by atoms with Gasteiger partial charge in [0.15, 0.2) is 0 Å². The lowest BCUT2D eigenvalue weighted by Crippen LogP contribution is -2.17. The Labute approximate surface area is 127 Å². The van der Waals surface area contributed by atoms with Gasteiger partial charge in [-0.1, -0.05) is 12.1 Å². The van der Waals surface area contributed by atoms with E-state index >= 15 is 0 Å². The second-order valence-electron chi connectivity index (χ2n) is 4.55. The monoisotopic (exact) mass is 323 g/mol. The van der Waals surface area contributed by atoms with Crippen LogP contribution >= 0.6 is 0 Å². The lowest BCUT2D eigenvalue weighted by molar-refractivity contribution is 0.0602. The van der Waals surface area contributed by atoms with Gasteiger partial charge in [0.2, 0.25) is 0 Å². The van der Waals surface area contributed by atoms with Crippen molar-refractivity contribution in [2.24, 2.45) is 0 Å². The molecular formula is C15H14FNO4S. The van der Waals surface area contributed by atoms with Gasteiger partial charge in [0.05, 0.1) is 23.3 Å². The number of nitrogens with one attached hydrogen (secondary N) is 1. The second-order valence-corrected chi connectivity index (χ2v) is 6.20. The molecule has 0 amide bonds. The molecule has 1 N–H and O–H groups in total. The van der Waals surface area contributed by atoms with Gasteiger partial charge in [-0.25, -0.2) is 17.6 Å². The lowest BCUT2D eigenvalue weighted by Gasteiger charge is -2.13. The molecule has 2 rings (SSSR count). The number of esters is 1. The molecular weight excluding hydrogens is 309 g/mol. The summed E-state index contributed by atoms with van der Waals surface area (Å²) in [6.45, 7) is 1.49. The standard InChI is InChI=1S/C15H14FNO4S/c1-10-9-11(16)7-8-14(10)22(19,20)17-13-6-4-3-5-12(13)15(18)21-2/h3-9,17H,1-2H3. The van der Waals surface area contributed by atoms with Crippen molar-refractivity contribution >= 4 is 21.7 Å². The van der Waals surface area contributed by atoms with Crippen molar-refractivity contribution in [1.82, 2.24) is 0 Å². The van der Waals surface area contributed by atoms with Crippen molar-refractivity contribution in [3.05, 3.63) is 59.4 Å². The number of benzene rings is 2. The van der Waals surface area contributed by atoms with Gasteiger partial charge in [-0.3, -0.25) is 4.72 Å². The highest BCUT2D eigenvalue weighted by Crippen LogP contribution is 2.23. The van der Waals surface area contributed by atoms with Crippen molar-refractivity contribution in [1.29, 1.82) is 0 Å². The van der Waals surface area contributed by atoms with Crippen LogP contribution in [0.1, 0.15) is 15.9 Å². The van der Waals surface area contributed by atoms with E-state index in [4.69, 9.17) is 0 Å². The van der Waals surface area contributed by atoms with Gasteiger partial charge >= 0.3 is 5.97 Å². The van der Waals surface area contributed by atoms with Gasteiger partial charge < -0.3 is 4.74 Å². The first-order chi connectivity index (χ1) is 10.3. The predicted octanol–water partition coefficient (Wildman–Crippen LogP) is 2.72. The average molecular weight is 323 g/mol. The van der Waals surface area contributed by atoms with E-state index < -0.39 is 21.8 Å². The number of aryl methyl sites for hydroxylation is 1. The van der Waals surface area contributed by atoms with Crippen molar-refractivity contribution in [2.45, 2.75) is 11.8 Å². The number of methoxy groups -OCH3 is 1. The number of anilines is 1. The maximum Gasteiger partial charge on any atom is 0.339 e. The molecule has 2 aromatic rings. The average Bonchev–Trinajstić information content (AvgIpc) is 2.46. The van der Waals surface area contributed by atoms with Crippen LogP contribution < -0.4 is 4.72 Å². The number of halogens is 1. The highest BCUT2D eigenvalue weighted by atomic mass is 32.2. The molecule has 0 aromatic heterocycles. The molecule has 0 heterocycles. The van der Waals surface area contributed by atoms with Gasteiger partial charge in [-0.2, -0.15) is 0 Å². The summed E-state index contributed by atoms with van der Waals surface area (Å²) in [7, 11) is -2.74. The highest BCUT2D eigenvalue weighted by Gasteiger charge is 2.20. The van der Waals surface area contributed by atoms with E-state index in [0.29, 0.717) is 0 Å². The van der Waals surface area contributed by atoms with Crippen molar-refractivity contribution in [3.8, 4) is 0 Å². The number of sulfonamides is 1. The van der Waals surface area contributed by atoms with Crippen LogP contribution in [0.4, 0.5) is 10.1 Å². The molecule has 0 saturated heterocycles. The Morgan fingerprint density at radius 3 is 2.50 bits per heavy atom. The highest BCUT2D eigenvalue weighted by molar-refractivity contribution is 7.92. The van der Waals surface area contributed by atoms with Crippen LogP contribution in [0, 0.1) is 12.7 Å². The minimum atomic E-state index is -3.95. The zero-order chi connectivity index (χ0) is 16.3. The van der Waals surface area contributed by atoms with Crippen molar-refractivity contribution in [2.75, 3.05) is 11.8 Å². The molecule has 0 radical (unpaired) electrons. The van der Waals surface area contributed by atoms with E-state index in [2.05, 4.69) is 9.46 Å². The zero-order valence-corrected chi connectivity index (χ0v) is 12.8. The van der Waals surface area contributed by atoms with E-state index in [1.807, 2.05) is 0 Å². The number of para-hydroxylation sites is 1. The molecule has 0 aliphatic rings. The number of hydrogen-bond acceptors (Lipinski definition) is 4. The van der Waals surface area contributed by atoms with Crippen LogP contribution in [0.3, 0.4) is 0 Å². The number of rotatable bonds is 4. The molecule has 0 aliphatic carbocycles. The fraction of sp³-hybridized carbons (Fsp3) is 0.133. The molecule has 0 fully saturated rings. The largest absolute Gasteiger partial charge is 0.465 e. The molecule has 0 atom stereocenters. The first-order valence-electron chi connectivity index (χ1n) is 6.31. The third-order valence-electron chi connectivity index (χ3n) is 3.00. The summed E-state index contributed by atoms with van der Waals surface area (Å²) in [6.07, 6.45) is 0. The fourth-order valence-electron chi connectivity index (χ4n) is 1.97. The summed E-state index contributed by atoms with van der Waals surface area (Å²) in [6, 6.07) is 9.43. The van der Waals surface area contributed by atoms with E-state index in [-0.39, 0.29) is 21.7 Å². The zero-order valence-electron chi connectivity index (χ0n) is 12.0. The van der Waals surface area contributed by atoms with Crippen molar-refractivity contribution < 1.29 is 22.3 Å². The lowest BCUT2D eigenvalue weighted by atomic mass is 10.2. The SMILES string of the molecule is COC(=O)c1ccccc1NS(=O)(=O)c1ccc(F)cc1C. The fourth-order valence-corrected chi connectivity index (χ4v) is 3.28. The molecule has 22 heavy (non-hydrogen) atoms. The molecule has 0 saturated carbocycles. The van der Waals surface area contributed by atoms with Crippen LogP contribution in [-0.4, -0.2) is 21.5 Å². The summed E-state index contributed by atoms with van der Waals surface area (Å²) in [4.78, 5) is 11.6. The van der Waals surface area contributed by atoms with Gasteiger partial charge in [-0.05, 0) is 42.8 Å². The van der Waals surface area contributed by atoms with Gasteiger partial charge in [0.25, 0.3) is 10.0 Å². The topological polar surface area (TPSA) is 72.5 Å². The minimum Gasteiger partial charge on any atom is -0.465 e. The summed E-state index contributed by atoms with van der Waals surface area (Å²) in [5.74, 6) is -1.18. The van der Waals surface area contributed by atoms with Crippen LogP contribution in [0.15, 0.2) is 47.4 Å². The third-order valence-corrected chi connectivity index (χ3v) is 4.53. The Hall–Kier alpha value is -2.41. The van der Waals surface area contributed by atoms with Crippen LogP contribution in [0.2, 0.25) is 0 Å². The Morgan fingerprint density at radius 1 is 1.18 bits per heavy atom. The van der Waals surface area contributed by atoms with Crippen LogP contribution in [-0.2, 0) is 14.8 Å². The smallest absolute Gasteiger partial charge is 0.339 e. The maximum atomic E-state index is 13.1. The molecule has 0 aliphatic heterocycles. The quantitative estimate of drug-likeness (QED) is 0.878. The van der Waals surface area contributed by atoms with E-state index in [1.165, 1.54) is 32.2 Å². The van der Waals surface area contributed by atoms with E-state index in [0.717, 1.165) is 12.1 Å². The molecule has 5 nitrogen and oxygen atoms in total. The summed E-state index contributed by atoms with van der Waals surface area (Å²) < 4.78 is 44.9. The molecule has 7 heteroatoms. The predicted molar refractivity (Wildman–Crippen MR) is 79.7 cm³/mol. The summed E-state index contributed by atoms with van der Waals surface area (Å²) in [5, 5.41) is 0. The van der Waals surface area contributed by atoms with Crippen LogP contribution in [0.25, 0.3) is 0 Å². The Balaban J connectivity index is 2.44. The first kappa shape index (κ1) is 16.0. The number of carbonyl (C=O) groups excluding carboxylic acids is 1. The Morgan fingerprint density at radius 2 is 1.86 bits per heavy atom. The summed E-state index contributed by atoms with van der Waals surface area (Å²) in [5.41, 5.74) is 0.453. The molecule has 0 bridgehead atoms. The molecule has 2 aromatic carbocycles. The molecule has 0 unspecified atom stereocenters. The number of carbonyl (C=O) groups is 1. The normalized spacial score (nSPS) is 11.0. The molecule has 116 valence electrons. The van der Waals surface area contributed by atoms with Crippen LogP contribution in [0.5, 0.6) is 0 Å². The van der Waals surface area contributed by atoms with Crippen molar-refractivity contribution in [3.63, 3.8) is 0 Å². The minimum absolute atomic E-state index is 0.0615. The molecule has 0 spiro atoms. The number of hydrogen-bond donors (Lipinski definition) is 1. The third kappa shape index (κ3) is 3.25. The Kier molecular flexibility index (Phi) is 4.46. The van der Waals surface area contributed by atoms with Gasteiger partial charge in [-0.15, -0.1) is 0 Å².